The predicted octanol–water partition coefficient (Wildman–Crippen LogP) is 3.44. The average Bonchev–Trinajstić information content (AvgIpc) is 2.80. The average molecular weight is 276 g/mol. The Morgan fingerprint density at radius 3 is 2.58 bits per heavy atom. The minimum atomic E-state index is 0.104. The Balaban J connectivity index is 1.90. The van der Waals surface area contributed by atoms with Crippen molar-refractivity contribution >= 4 is 11.3 Å². The molecule has 19 heavy (non-hydrogen) atoms. The number of rotatable bonds is 4. The van der Waals surface area contributed by atoms with Gasteiger partial charge in [-0.25, -0.2) is 4.98 Å². The van der Waals surface area contributed by atoms with Gasteiger partial charge in [0.2, 0.25) is 0 Å². The van der Waals surface area contributed by atoms with Crippen molar-refractivity contribution in [1.82, 2.24) is 10.3 Å². The second-order valence-corrected chi connectivity index (χ2v) is 6.55. The third-order valence-electron chi connectivity index (χ3n) is 2.90. The molecule has 4 heteroatoms. The largest absolute Gasteiger partial charge is 0.508 e. The van der Waals surface area contributed by atoms with Crippen molar-refractivity contribution in [1.29, 1.82) is 0 Å². The standard InChI is InChI=1S/C15H20N2OS/c1-15(2,3)13-10-19-14(17-13)9-16-8-11-6-4-5-7-12(11)18/h4-7,10,16,18H,8-9H2,1-3H3. The number of phenols is 1. The molecule has 0 saturated carbocycles. The molecule has 0 radical (unpaired) electrons. The van der Waals surface area contributed by atoms with Gasteiger partial charge in [-0.2, -0.15) is 0 Å². The summed E-state index contributed by atoms with van der Waals surface area (Å²) < 4.78 is 0. The molecule has 0 spiro atoms. The van der Waals surface area contributed by atoms with Crippen LogP contribution in [-0.2, 0) is 18.5 Å². The van der Waals surface area contributed by atoms with Gasteiger partial charge in [-0.15, -0.1) is 11.3 Å². The van der Waals surface area contributed by atoms with Gasteiger partial charge in [0.05, 0.1) is 5.69 Å². The molecule has 1 aromatic carbocycles. The highest BCUT2D eigenvalue weighted by Gasteiger charge is 2.17. The number of aromatic hydroxyl groups is 1. The third kappa shape index (κ3) is 3.78. The highest BCUT2D eigenvalue weighted by atomic mass is 32.1. The van der Waals surface area contributed by atoms with Crippen LogP contribution in [-0.4, -0.2) is 10.1 Å². The fourth-order valence-corrected chi connectivity index (χ4v) is 2.69. The Hall–Kier alpha value is -1.39. The number of hydrogen-bond acceptors (Lipinski definition) is 4. The fraction of sp³-hybridized carbons (Fsp3) is 0.400. The summed E-state index contributed by atoms with van der Waals surface area (Å²) in [5, 5.41) is 16.2. The van der Waals surface area contributed by atoms with E-state index in [9.17, 15) is 5.11 Å². The number of hydrogen-bond donors (Lipinski definition) is 2. The Morgan fingerprint density at radius 2 is 1.95 bits per heavy atom. The van der Waals surface area contributed by atoms with Crippen LogP contribution in [0.15, 0.2) is 29.6 Å². The summed E-state index contributed by atoms with van der Waals surface area (Å²) in [6.07, 6.45) is 0. The van der Waals surface area contributed by atoms with Gasteiger partial charge in [-0.1, -0.05) is 39.0 Å². The highest BCUT2D eigenvalue weighted by Crippen LogP contribution is 2.24. The van der Waals surface area contributed by atoms with E-state index in [1.54, 1.807) is 17.4 Å². The molecule has 0 saturated heterocycles. The second kappa shape index (κ2) is 5.72. The lowest BCUT2D eigenvalue weighted by molar-refractivity contribution is 0.464. The van der Waals surface area contributed by atoms with E-state index in [0.717, 1.165) is 22.8 Å². The predicted molar refractivity (Wildman–Crippen MR) is 79.5 cm³/mol. The van der Waals surface area contributed by atoms with E-state index in [0.29, 0.717) is 12.3 Å². The molecule has 1 aromatic heterocycles. The summed E-state index contributed by atoms with van der Waals surface area (Å²) in [5.41, 5.74) is 2.15. The third-order valence-corrected chi connectivity index (χ3v) is 3.75. The number of aromatic nitrogens is 1. The summed E-state index contributed by atoms with van der Waals surface area (Å²) in [7, 11) is 0. The van der Waals surface area contributed by atoms with Gasteiger partial charge >= 0.3 is 0 Å². The topological polar surface area (TPSA) is 45.1 Å². The molecule has 2 rings (SSSR count). The molecular formula is C15H20N2OS. The van der Waals surface area contributed by atoms with Crippen molar-refractivity contribution in [3.05, 3.63) is 45.9 Å². The number of nitrogens with one attached hydrogen (secondary N) is 1. The van der Waals surface area contributed by atoms with E-state index < -0.39 is 0 Å². The van der Waals surface area contributed by atoms with Gasteiger partial charge in [0, 0.05) is 29.4 Å². The van der Waals surface area contributed by atoms with Crippen LogP contribution in [0.25, 0.3) is 0 Å². The first kappa shape index (κ1) is 14.0. The van der Waals surface area contributed by atoms with Gasteiger partial charge < -0.3 is 10.4 Å². The quantitative estimate of drug-likeness (QED) is 0.899. The molecule has 0 fully saturated rings. The maximum absolute atomic E-state index is 9.67. The molecule has 2 N–H and O–H groups in total. The first-order valence-corrected chi connectivity index (χ1v) is 7.27. The van der Waals surface area contributed by atoms with E-state index in [2.05, 4.69) is 36.5 Å². The molecule has 1 heterocycles. The minimum Gasteiger partial charge on any atom is -0.508 e. The van der Waals surface area contributed by atoms with Crippen LogP contribution in [0.5, 0.6) is 5.75 Å². The normalized spacial score (nSPS) is 11.7. The SMILES string of the molecule is CC(C)(C)c1csc(CNCc2ccccc2O)n1. The summed E-state index contributed by atoms with van der Waals surface area (Å²) in [6, 6.07) is 7.38. The zero-order valence-electron chi connectivity index (χ0n) is 11.6. The van der Waals surface area contributed by atoms with Crippen LogP contribution in [0.1, 0.15) is 37.0 Å². The maximum atomic E-state index is 9.67. The van der Waals surface area contributed by atoms with E-state index in [-0.39, 0.29) is 5.41 Å². The lowest BCUT2D eigenvalue weighted by Gasteiger charge is -2.14. The van der Waals surface area contributed by atoms with Crippen LogP contribution in [0.2, 0.25) is 0 Å². The molecule has 3 nitrogen and oxygen atoms in total. The summed E-state index contributed by atoms with van der Waals surface area (Å²) in [6.45, 7) is 7.88. The summed E-state index contributed by atoms with van der Waals surface area (Å²) >= 11 is 1.68. The molecule has 102 valence electrons. The Labute approximate surface area is 118 Å². The molecule has 0 amide bonds. The highest BCUT2D eigenvalue weighted by molar-refractivity contribution is 7.09. The minimum absolute atomic E-state index is 0.104. The van der Waals surface area contributed by atoms with Crippen molar-refractivity contribution < 1.29 is 5.11 Å². The molecular weight excluding hydrogens is 256 g/mol. The van der Waals surface area contributed by atoms with Gasteiger partial charge in [0.1, 0.15) is 10.8 Å². The van der Waals surface area contributed by atoms with Crippen molar-refractivity contribution in [3.63, 3.8) is 0 Å². The Morgan fingerprint density at radius 1 is 1.21 bits per heavy atom. The van der Waals surface area contributed by atoms with Crippen molar-refractivity contribution in [3.8, 4) is 5.75 Å². The van der Waals surface area contributed by atoms with Crippen LogP contribution in [0, 0.1) is 0 Å². The van der Waals surface area contributed by atoms with E-state index >= 15 is 0 Å². The van der Waals surface area contributed by atoms with Crippen molar-refractivity contribution in [2.75, 3.05) is 0 Å². The number of benzene rings is 1. The van der Waals surface area contributed by atoms with Crippen LogP contribution < -0.4 is 5.32 Å². The zero-order valence-corrected chi connectivity index (χ0v) is 12.4. The lowest BCUT2D eigenvalue weighted by Crippen LogP contribution is -2.14. The van der Waals surface area contributed by atoms with Gasteiger partial charge in [-0.3, -0.25) is 0 Å². The molecule has 0 bridgehead atoms. The number of phenolic OH excluding ortho intramolecular Hbond substituents is 1. The van der Waals surface area contributed by atoms with E-state index in [1.807, 2.05) is 18.2 Å². The monoisotopic (exact) mass is 276 g/mol. The first-order valence-electron chi connectivity index (χ1n) is 6.39. The Kier molecular flexibility index (Phi) is 4.22. The van der Waals surface area contributed by atoms with Crippen LogP contribution in [0.3, 0.4) is 0 Å². The molecule has 0 unspecified atom stereocenters. The molecule has 0 atom stereocenters. The summed E-state index contributed by atoms with van der Waals surface area (Å²) in [4.78, 5) is 4.63. The Bertz CT molecular complexity index is 543. The molecule has 0 aliphatic rings. The number of para-hydroxylation sites is 1. The number of nitrogens with zero attached hydrogens (tertiary/aromatic N) is 1. The van der Waals surface area contributed by atoms with Crippen molar-refractivity contribution in [2.45, 2.75) is 39.3 Å². The van der Waals surface area contributed by atoms with E-state index in [1.165, 1.54) is 0 Å². The first-order chi connectivity index (χ1) is 8.97. The smallest absolute Gasteiger partial charge is 0.120 e. The molecule has 2 aromatic rings. The number of thiazole rings is 1. The van der Waals surface area contributed by atoms with Gasteiger partial charge in [0.25, 0.3) is 0 Å². The molecule has 0 aliphatic heterocycles. The maximum Gasteiger partial charge on any atom is 0.120 e. The van der Waals surface area contributed by atoms with Gasteiger partial charge in [0.15, 0.2) is 0 Å². The molecule has 0 aliphatic carbocycles. The fourth-order valence-electron chi connectivity index (χ4n) is 1.70. The zero-order chi connectivity index (χ0) is 13.9. The second-order valence-electron chi connectivity index (χ2n) is 5.61. The van der Waals surface area contributed by atoms with Crippen LogP contribution in [0.4, 0.5) is 0 Å². The van der Waals surface area contributed by atoms with E-state index in [4.69, 9.17) is 0 Å². The summed E-state index contributed by atoms with van der Waals surface area (Å²) in [5.74, 6) is 0.338. The van der Waals surface area contributed by atoms with Crippen molar-refractivity contribution in [2.24, 2.45) is 0 Å². The van der Waals surface area contributed by atoms with Gasteiger partial charge in [-0.05, 0) is 6.07 Å². The lowest BCUT2D eigenvalue weighted by atomic mass is 9.93. The van der Waals surface area contributed by atoms with Crippen LogP contribution >= 0.6 is 11.3 Å².